The molecule has 1 aromatic heterocycles. The standard InChI is InChI=1S/C11H9FN4/c12-10-3-1-9(2-4-10)11-5-8(6-14-11)7-15-16-13/h1-6,14H,7H2. The van der Waals surface area contributed by atoms with E-state index in [1.165, 1.54) is 12.1 Å². The van der Waals surface area contributed by atoms with Gasteiger partial charge in [-0.05, 0) is 47.0 Å². The van der Waals surface area contributed by atoms with Gasteiger partial charge in [0, 0.05) is 16.8 Å². The molecular weight excluding hydrogens is 207 g/mol. The molecule has 0 bridgehead atoms. The molecule has 1 aromatic carbocycles. The van der Waals surface area contributed by atoms with Gasteiger partial charge in [-0.15, -0.1) is 0 Å². The lowest BCUT2D eigenvalue weighted by Crippen LogP contribution is -1.77. The summed E-state index contributed by atoms with van der Waals surface area (Å²) in [6, 6.07) is 8.07. The number of hydrogen-bond donors (Lipinski definition) is 1. The third kappa shape index (κ3) is 2.21. The summed E-state index contributed by atoms with van der Waals surface area (Å²) in [6.45, 7) is 0.314. The summed E-state index contributed by atoms with van der Waals surface area (Å²) < 4.78 is 12.7. The van der Waals surface area contributed by atoms with E-state index in [1.54, 1.807) is 18.3 Å². The second-order valence-electron chi connectivity index (χ2n) is 3.32. The zero-order valence-corrected chi connectivity index (χ0v) is 8.39. The molecule has 1 N–H and O–H groups in total. The summed E-state index contributed by atoms with van der Waals surface area (Å²) in [6.07, 6.45) is 1.77. The fraction of sp³-hybridized carbons (Fsp3) is 0.0909. The number of aromatic nitrogens is 1. The number of benzene rings is 1. The monoisotopic (exact) mass is 216 g/mol. The summed E-state index contributed by atoms with van der Waals surface area (Å²) in [7, 11) is 0. The molecule has 2 aromatic rings. The van der Waals surface area contributed by atoms with Crippen LogP contribution in [-0.2, 0) is 6.54 Å². The molecular formula is C11H9FN4. The largest absolute Gasteiger partial charge is 0.361 e. The van der Waals surface area contributed by atoms with Gasteiger partial charge in [-0.1, -0.05) is 5.11 Å². The molecule has 0 unspecified atom stereocenters. The number of nitrogens with zero attached hydrogens (tertiary/aromatic N) is 3. The number of nitrogens with one attached hydrogen (secondary N) is 1. The third-order valence-corrected chi connectivity index (χ3v) is 2.21. The molecule has 0 saturated carbocycles. The Bertz CT molecular complexity index is 523. The van der Waals surface area contributed by atoms with Crippen molar-refractivity contribution in [2.75, 3.05) is 0 Å². The first kappa shape index (κ1) is 10.3. The predicted octanol–water partition coefficient (Wildman–Crippen LogP) is 3.63. The normalized spacial score (nSPS) is 9.81. The van der Waals surface area contributed by atoms with E-state index in [0.717, 1.165) is 16.8 Å². The molecule has 5 heteroatoms. The predicted molar refractivity (Wildman–Crippen MR) is 59.0 cm³/mol. The van der Waals surface area contributed by atoms with E-state index in [4.69, 9.17) is 5.53 Å². The lowest BCUT2D eigenvalue weighted by Gasteiger charge is -1.96. The number of aromatic amines is 1. The van der Waals surface area contributed by atoms with Gasteiger partial charge in [-0.2, -0.15) is 0 Å². The average Bonchev–Trinajstić information content (AvgIpc) is 2.76. The molecule has 0 atom stereocenters. The van der Waals surface area contributed by atoms with Gasteiger partial charge in [-0.3, -0.25) is 0 Å². The van der Waals surface area contributed by atoms with E-state index in [-0.39, 0.29) is 5.82 Å². The average molecular weight is 216 g/mol. The van der Waals surface area contributed by atoms with Gasteiger partial charge >= 0.3 is 0 Å². The van der Waals surface area contributed by atoms with E-state index in [9.17, 15) is 4.39 Å². The summed E-state index contributed by atoms with van der Waals surface area (Å²) >= 11 is 0. The van der Waals surface area contributed by atoms with Crippen LogP contribution in [0.5, 0.6) is 0 Å². The van der Waals surface area contributed by atoms with Crippen LogP contribution in [0.1, 0.15) is 5.56 Å². The minimum atomic E-state index is -0.260. The summed E-state index contributed by atoms with van der Waals surface area (Å²) in [5.74, 6) is -0.260. The molecule has 0 saturated heterocycles. The Morgan fingerprint density at radius 3 is 2.75 bits per heavy atom. The number of hydrogen-bond acceptors (Lipinski definition) is 1. The van der Waals surface area contributed by atoms with Gasteiger partial charge in [0.1, 0.15) is 5.82 Å². The molecule has 0 aliphatic heterocycles. The summed E-state index contributed by atoms with van der Waals surface area (Å²) in [5, 5.41) is 3.46. The van der Waals surface area contributed by atoms with E-state index in [2.05, 4.69) is 15.0 Å². The Morgan fingerprint density at radius 2 is 2.06 bits per heavy atom. The van der Waals surface area contributed by atoms with Crippen molar-refractivity contribution in [3.63, 3.8) is 0 Å². The van der Waals surface area contributed by atoms with Crippen molar-refractivity contribution in [1.29, 1.82) is 0 Å². The Kier molecular flexibility index (Phi) is 2.89. The van der Waals surface area contributed by atoms with Crippen molar-refractivity contribution in [3.05, 3.63) is 58.4 Å². The molecule has 0 radical (unpaired) electrons. The second-order valence-corrected chi connectivity index (χ2v) is 3.32. The van der Waals surface area contributed by atoms with Crippen molar-refractivity contribution < 1.29 is 4.39 Å². The molecule has 80 valence electrons. The highest BCUT2D eigenvalue weighted by Gasteiger charge is 2.01. The Labute approximate surface area is 91.4 Å². The van der Waals surface area contributed by atoms with Crippen LogP contribution in [0.25, 0.3) is 21.7 Å². The molecule has 0 spiro atoms. The van der Waals surface area contributed by atoms with E-state index in [1.807, 2.05) is 6.07 Å². The molecule has 1 heterocycles. The quantitative estimate of drug-likeness (QED) is 0.462. The first-order valence-electron chi connectivity index (χ1n) is 4.73. The lowest BCUT2D eigenvalue weighted by molar-refractivity contribution is 0.628. The van der Waals surface area contributed by atoms with Crippen molar-refractivity contribution in [3.8, 4) is 11.3 Å². The molecule has 0 amide bonds. The second kappa shape index (κ2) is 4.51. The van der Waals surface area contributed by atoms with Crippen LogP contribution in [0.4, 0.5) is 4.39 Å². The Balaban J connectivity index is 2.24. The maximum atomic E-state index is 12.7. The maximum absolute atomic E-state index is 12.7. The lowest BCUT2D eigenvalue weighted by atomic mass is 10.1. The molecule has 0 fully saturated rings. The fourth-order valence-electron chi connectivity index (χ4n) is 1.44. The summed E-state index contributed by atoms with van der Waals surface area (Å²) in [4.78, 5) is 5.73. The van der Waals surface area contributed by atoms with Crippen LogP contribution in [0.3, 0.4) is 0 Å². The molecule has 0 aliphatic carbocycles. The number of rotatable bonds is 3. The molecule has 2 rings (SSSR count). The highest BCUT2D eigenvalue weighted by molar-refractivity contribution is 5.60. The highest BCUT2D eigenvalue weighted by atomic mass is 19.1. The van der Waals surface area contributed by atoms with Crippen molar-refractivity contribution in [2.24, 2.45) is 5.11 Å². The Morgan fingerprint density at radius 1 is 1.31 bits per heavy atom. The van der Waals surface area contributed by atoms with Crippen LogP contribution < -0.4 is 0 Å². The Hall–Kier alpha value is -2.26. The first-order valence-corrected chi connectivity index (χ1v) is 4.73. The van der Waals surface area contributed by atoms with Crippen LogP contribution in [0, 0.1) is 5.82 Å². The topological polar surface area (TPSA) is 64.6 Å². The van der Waals surface area contributed by atoms with Crippen molar-refractivity contribution in [1.82, 2.24) is 4.98 Å². The van der Waals surface area contributed by atoms with Crippen molar-refractivity contribution >= 4 is 0 Å². The maximum Gasteiger partial charge on any atom is 0.123 e. The van der Waals surface area contributed by atoms with Crippen LogP contribution in [0.15, 0.2) is 41.6 Å². The SMILES string of the molecule is [N-]=[N+]=NCc1c[nH]c(-c2ccc(F)cc2)c1. The van der Waals surface area contributed by atoms with Gasteiger partial charge in [0.05, 0.1) is 6.54 Å². The molecule has 0 aliphatic rings. The van der Waals surface area contributed by atoms with Crippen molar-refractivity contribution in [2.45, 2.75) is 6.54 Å². The number of H-pyrrole nitrogens is 1. The first-order chi connectivity index (χ1) is 7.79. The van der Waals surface area contributed by atoms with Crippen LogP contribution in [-0.4, -0.2) is 4.98 Å². The highest BCUT2D eigenvalue weighted by Crippen LogP contribution is 2.19. The van der Waals surface area contributed by atoms with E-state index in [0.29, 0.717) is 6.54 Å². The smallest absolute Gasteiger partial charge is 0.123 e. The number of azide groups is 1. The molecule has 16 heavy (non-hydrogen) atoms. The van der Waals surface area contributed by atoms with Gasteiger partial charge < -0.3 is 4.98 Å². The van der Waals surface area contributed by atoms with Gasteiger partial charge in [0.15, 0.2) is 0 Å². The summed E-state index contributed by atoms with van der Waals surface area (Å²) in [5.41, 5.74) is 10.9. The van der Waals surface area contributed by atoms with E-state index < -0.39 is 0 Å². The minimum absolute atomic E-state index is 0.260. The minimum Gasteiger partial charge on any atom is -0.361 e. The van der Waals surface area contributed by atoms with Crippen LogP contribution in [0.2, 0.25) is 0 Å². The van der Waals surface area contributed by atoms with Crippen LogP contribution >= 0.6 is 0 Å². The van der Waals surface area contributed by atoms with Gasteiger partial charge in [0.2, 0.25) is 0 Å². The zero-order valence-electron chi connectivity index (χ0n) is 8.39. The molecule has 4 nitrogen and oxygen atoms in total. The zero-order chi connectivity index (χ0) is 11.4. The number of halogens is 1. The van der Waals surface area contributed by atoms with Gasteiger partial charge in [-0.25, -0.2) is 4.39 Å². The van der Waals surface area contributed by atoms with E-state index >= 15 is 0 Å². The fourth-order valence-corrected chi connectivity index (χ4v) is 1.44. The van der Waals surface area contributed by atoms with Gasteiger partial charge in [0.25, 0.3) is 0 Å². The third-order valence-electron chi connectivity index (χ3n) is 2.21.